The molecule has 0 atom stereocenters. The first-order chi connectivity index (χ1) is 7.24. The summed E-state index contributed by atoms with van der Waals surface area (Å²) in [5.41, 5.74) is 9.17. The van der Waals surface area contributed by atoms with E-state index in [9.17, 15) is 0 Å². The van der Waals surface area contributed by atoms with Gasteiger partial charge in [-0.25, -0.2) is 0 Å². The second kappa shape index (κ2) is 6.57. The summed E-state index contributed by atoms with van der Waals surface area (Å²) in [6, 6.07) is 5.50. The molecular formula is C10H11Cl2N3. The van der Waals surface area contributed by atoms with Crippen molar-refractivity contribution in [2.24, 2.45) is 5.11 Å². The van der Waals surface area contributed by atoms with Gasteiger partial charge in [-0.15, -0.1) is 0 Å². The van der Waals surface area contributed by atoms with Gasteiger partial charge < -0.3 is 0 Å². The molecule has 0 aliphatic carbocycles. The number of rotatable bonds is 5. The minimum absolute atomic E-state index is 0.543. The Kier molecular flexibility index (Phi) is 5.33. The predicted molar refractivity (Wildman–Crippen MR) is 63.4 cm³/mol. The molecule has 0 bridgehead atoms. The van der Waals surface area contributed by atoms with Crippen molar-refractivity contribution in [3.8, 4) is 0 Å². The van der Waals surface area contributed by atoms with E-state index in [1.54, 1.807) is 6.07 Å². The second-order valence-electron chi connectivity index (χ2n) is 3.15. The summed E-state index contributed by atoms with van der Waals surface area (Å²) in [7, 11) is 0. The number of halogens is 2. The molecule has 0 amide bonds. The summed E-state index contributed by atoms with van der Waals surface area (Å²) < 4.78 is 0. The zero-order chi connectivity index (χ0) is 11.1. The van der Waals surface area contributed by atoms with Crippen LogP contribution in [0.15, 0.2) is 23.3 Å². The van der Waals surface area contributed by atoms with E-state index in [0.717, 1.165) is 24.8 Å². The highest BCUT2D eigenvalue weighted by atomic mass is 35.5. The van der Waals surface area contributed by atoms with E-state index < -0.39 is 0 Å². The number of unbranched alkanes of at least 4 members (excludes halogenated alkanes) is 1. The maximum Gasteiger partial charge on any atom is 0.0452 e. The van der Waals surface area contributed by atoms with E-state index in [1.165, 1.54) is 0 Å². The Morgan fingerprint density at radius 3 is 2.73 bits per heavy atom. The average Bonchev–Trinajstić information content (AvgIpc) is 2.20. The van der Waals surface area contributed by atoms with Crippen LogP contribution < -0.4 is 0 Å². The van der Waals surface area contributed by atoms with E-state index in [1.807, 2.05) is 12.1 Å². The lowest BCUT2D eigenvalue weighted by Crippen LogP contribution is -1.88. The summed E-state index contributed by atoms with van der Waals surface area (Å²) in [5.74, 6) is 0. The van der Waals surface area contributed by atoms with Crippen LogP contribution >= 0.6 is 23.2 Å². The van der Waals surface area contributed by atoms with Gasteiger partial charge in [0.05, 0.1) is 0 Å². The normalized spacial score (nSPS) is 9.73. The Morgan fingerprint density at radius 2 is 2.07 bits per heavy atom. The van der Waals surface area contributed by atoms with Gasteiger partial charge in [-0.05, 0) is 42.5 Å². The van der Waals surface area contributed by atoms with Gasteiger partial charge in [0, 0.05) is 21.5 Å². The summed E-state index contributed by atoms with van der Waals surface area (Å²) in [6.45, 7) is 0.543. The van der Waals surface area contributed by atoms with Gasteiger partial charge >= 0.3 is 0 Å². The Hall–Kier alpha value is -0.890. The van der Waals surface area contributed by atoms with E-state index >= 15 is 0 Å². The first-order valence-corrected chi connectivity index (χ1v) is 5.44. The Bertz CT molecular complexity index is 373. The van der Waals surface area contributed by atoms with Crippen molar-refractivity contribution in [2.45, 2.75) is 19.3 Å². The van der Waals surface area contributed by atoms with E-state index in [0.29, 0.717) is 16.6 Å². The fraction of sp³-hybridized carbons (Fsp3) is 0.400. The molecule has 5 heteroatoms. The maximum atomic E-state index is 8.08. The highest BCUT2D eigenvalue weighted by Gasteiger charge is 2.00. The molecule has 1 aromatic rings. The van der Waals surface area contributed by atoms with Crippen molar-refractivity contribution < 1.29 is 0 Å². The van der Waals surface area contributed by atoms with Crippen LogP contribution in [-0.4, -0.2) is 6.54 Å². The van der Waals surface area contributed by atoms with Gasteiger partial charge in [0.25, 0.3) is 0 Å². The quantitative estimate of drug-likeness (QED) is 0.314. The summed E-state index contributed by atoms with van der Waals surface area (Å²) in [6.07, 6.45) is 2.72. The van der Waals surface area contributed by atoms with E-state index in [2.05, 4.69) is 10.0 Å². The monoisotopic (exact) mass is 243 g/mol. The molecule has 0 fully saturated rings. The minimum Gasteiger partial charge on any atom is -0.0940 e. The van der Waals surface area contributed by atoms with Crippen molar-refractivity contribution >= 4 is 23.2 Å². The molecular weight excluding hydrogens is 233 g/mol. The molecule has 1 rings (SSSR count). The zero-order valence-corrected chi connectivity index (χ0v) is 9.67. The van der Waals surface area contributed by atoms with Crippen LogP contribution in [0.3, 0.4) is 0 Å². The molecule has 0 radical (unpaired) electrons. The highest BCUT2D eigenvalue weighted by Crippen LogP contribution is 2.22. The van der Waals surface area contributed by atoms with Crippen LogP contribution in [0.2, 0.25) is 10.0 Å². The van der Waals surface area contributed by atoms with Gasteiger partial charge in [0.15, 0.2) is 0 Å². The average molecular weight is 244 g/mol. The Labute approximate surface area is 98.6 Å². The molecule has 3 nitrogen and oxygen atoms in total. The summed E-state index contributed by atoms with van der Waals surface area (Å²) in [5, 5.41) is 4.82. The largest absolute Gasteiger partial charge is 0.0940 e. The van der Waals surface area contributed by atoms with E-state index in [4.69, 9.17) is 28.7 Å². The molecule has 0 unspecified atom stereocenters. The fourth-order valence-corrected chi connectivity index (χ4v) is 1.77. The van der Waals surface area contributed by atoms with Gasteiger partial charge in [-0.1, -0.05) is 34.4 Å². The zero-order valence-electron chi connectivity index (χ0n) is 8.16. The standard InChI is InChI=1S/C10H11Cl2N3/c11-9-5-4-8(10(12)7-9)3-1-2-6-14-15-13/h4-5,7H,1-3,6H2. The Morgan fingerprint density at radius 1 is 1.27 bits per heavy atom. The third-order valence-corrected chi connectivity index (χ3v) is 2.62. The molecule has 0 aromatic heterocycles. The first-order valence-electron chi connectivity index (χ1n) is 4.69. The molecule has 0 heterocycles. The lowest BCUT2D eigenvalue weighted by Gasteiger charge is -2.03. The third kappa shape index (κ3) is 4.43. The van der Waals surface area contributed by atoms with Crippen molar-refractivity contribution in [2.75, 3.05) is 6.54 Å². The number of aryl methyl sites for hydroxylation is 1. The van der Waals surface area contributed by atoms with Gasteiger partial charge in [0.1, 0.15) is 0 Å². The van der Waals surface area contributed by atoms with Crippen LogP contribution in [0.1, 0.15) is 18.4 Å². The fourth-order valence-electron chi connectivity index (χ4n) is 1.27. The molecule has 15 heavy (non-hydrogen) atoms. The van der Waals surface area contributed by atoms with Crippen LogP contribution in [-0.2, 0) is 6.42 Å². The minimum atomic E-state index is 0.543. The Balaban J connectivity index is 2.40. The molecule has 0 aliphatic rings. The summed E-state index contributed by atoms with van der Waals surface area (Å²) >= 11 is 11.8. The third-order valence-electron chi connectivity index (χ3n) is 2.03. The lowest BCUT2D eigenvalue weighted by atomic mass is 10.1. The van der Waals surface area contributed by atoms with Crippen LogP contribution in [0.4, 0.5) is 0 Å². The number of benzene rings is 1. The first kappa shape index (κ1) is 12.2. The molecule has 0 N–H and O–H groups in total. The number of hydrogen-bond donors (Lipinski definition) is 0. The van der Waals surface area contributed by atoms with Crippen molar-refractivity contribution in [3.63, 3.8) is 0 Å². The van der Waals surface area contributed by atoms with Crippen molar-refractivity contribution in [1.29, 1.82) is 0 Å². The molecule has 0 saturated heterocycles. The van der Waals surface area contributed by atoms with Crippen molar-refractivity contribution in [1.82, 2.24) is 0 Å². The van der Waals surface area contributed by atoms with Gasteiger partial charge in [0.2, 0.25) is 0 Å². The van der Waals surface area contributed by atoms with Crippen LogP contribution in [0.5, 0.6) is 0 Å². The van der Waals surface area contributed by atoms with Gasteiger partial charge in [-0.2, -0.15) is 0 Å². The summed E-state index contributed by atoms with van der Waals surface area (Å²) in [4.78, 5) is 2.69. The number of nitrogens with zero attached hydrogens (tertiary/aromatic N) is 3. The topological polar surface area (TPSA) is 48.8 Å². The van der Waals surface area contributed by atoms with Crippen LogP contribution in [0.25, 0.3) is 10.4 Å². The maximum absolute atomic E-state index is 8.08. The SMILES string of the molecule is [N-]=[N+]=NCCCCc1ccc(Cl)cc1Cl. The molecule has 0 spiro atoms. The number of hydrogen-bond acceptors (Lipinski definition) is 1. The lowest BCUT2D eigenvalue weighted by molar-refractivity contribution is 0.742. The molecule has 80 valence electrons. The van der Waals surface area contributed by atoms with Crippen molar-refractivity contribution in [3.05, 3.63) is 44.3 Å². The highest BCUT2D eigenvalue weighted by molar-refractivity contribution is 6.35. The van der Waals surface area contributed by atoms with E-state index in [-0.39, 0.29) is 0 Å². The van der Waals surface area contributed by atoms with Crippen LogP contribution in [0, 0.1) is 0 Å². The molecule has 0 aliphatic heterocycles. The molecule has 1 aromatic carbocycles. The smallest absolute Gasteiger partial charge is 0.0452 e. The number of azide groups is 1. The molecule has 0 saturated carbocycles. The van der Waals surface area contributed by atoms with Gasteiger partial charge in [-0.3, -0.25) is 0 Å². The predicted octanol–water partition coefficient (Wildman–Crippen LogP) is 4.63. The second-order valence-corrected chi connectivity index (χ2v) is 3.99.